The predicted molar refractivity (Wildman–Crippen MR) is 75.1 cm³/mol. The van der Waals surface area contributed by atoms with E-state index < -0.39 is 0 Å². The van der Waals surface area contributed by atoms with Crippen LogP contribution in [0.2, 0.25) is 0 Å². The first-order valence-electron chi connectivity index (χ1n) is 7.10. The van der Waals surface area contributed by atoms with Crippen LogP contribution in [-0.2, 0) is 16.1 Å². The van der Waals surface area contributed by atoms with Crippen molar-refractivity contribution in [3.05, 3.63) is 17.7 Å². The van der Waals surface area contributed by atoms with E-state index in [-0.39, 0.29) is 11.8 Å². The Bertz CT molecular complexity index is 495. The van der Waals surface area contributed by atoms with Crippen molar-refractivity contribution in [2.24, 2.45) is 0 Å². The van der Waals surface area contributed by atoms with E-state index in [4.69, 9.17) is 0 Å². The second-order valence-electron chi connectivity index (χ2n) is 5.19. The molecule has 0 saturated carbocycles. The van der Waals surface area contributed by atoms with Gasteiger partial charge in [-0.05, 0) is 20.3 Å². The number of aryl methyl sites for hydroxylation is 1. The molecule has 2 heterocycles. The first kappa shape index (κ1) is 14.6. The number of carbonyl (C=O) groups is 2. The molecule has 6 heteroatoms. The number of amides is 2. The van der Waals surface area contributed by atoms with Gasteiger partial charge in [0, 0.05) is 44.7 Å². The van der Waals surface area contributed by atoms with Crippen molar-refractivity contribution in [3.8, 4) is 0 Å². The monoisotopic (exact) mass is 278 g/mol. The van der Waals surface area contributed by atoms with Gasteiger partial charge in [-0.15, -0.1) is 0 Å². The van der Waals surface area contributed by atoms with Crippen molar-refractivity contribution in [1.29, 1.82) is 0 Å². The van der Waals surface area contributed by atoms with Crippen LogP contribution in [-0.4, -0.2) is 45.9 Å². The van der Waals surface area contributed by atoms with Crippen molar-refractivity contribution < 1.29 is 9.59 Å². The lowest BCUT2D eigenvalue weighted by Crippen LogP contribution is -2.33. The summed E-state index contributed by atoms with van der Waals surface area (Å²) in [7, 11) is 0. The molecule has 0 spiro atoms. The number of likely N-dealkylation sites (tertiary alicyclic amines) is 1. The Kier molecular flexibility index (Phi) is 4.76. The topological polar surface area (TPSA) is 67.2 Å². The average Bonchev–Trinajstić information content (AvgIpc) is 2.97. The number of imidazole rings is 1. The summed E-state index contributed by atoms with van der Waals surface area (Å²) in [5, 5.41) is 2.88. The number of aromatic nitrogens is 2. The first-order chi connectivity index (χ1) is 9.58. The van der Waals surface area contributed by atoms with Crippen molar-refractivity contribution in [1.82, 2.24) is 19.8 Å². The minimum Gasteiger partial charge on any atom is -0.354 e. The Morgan fingerprint density at radius 3 is 2.80 bits per heavy atom. The van der Waals surface area contributed by atoms with Crippen LogP contribution in [0.4, 0.5) is 0 Å². The molecular formula is C14H22N4O2. The first-order valence-corrected chi connectivity index (χ1v) is 7.10. The molecule has 0 unspecified atom stereocenters. The molecule has 0 bridgehead atoms. The number of nitrogens with one attached hydrogen (secondary N) is 1. The largest absolute Gasteiger partial charge is 0.354 e. The lowest BCUT2D eigenvalue weighted by molar-refractivity contribution is -0.128. The summed E-state index contributed by atoms with van der Waals surface area (Å²) < 4.78 is 2.03. The second kappa shape index (κ2) is 6.54. The summed E-state index contributed by atoms with van der Waals surface area (Å²) in [5.74, 6) is 0.168. The van der Waals surface area contributed by atoms with Gasteiger partial charge in [-0.1, -0.05) is 0 Å². The molecule has 1 saturated heterocycles. The predicted octanol–water partition coefficient (Wildman–Crippen LogP) is 0.629. The van der Waals surface area contributed by atoms with Crippen LogP contribution in [0.25, 0.3) is 0 Å². The normalized spacial score (nSPS) is 14.9. The molecule has 1 aliphatic rings. The molecular weight excluding hydrogens is 256 g/mol. The number of hydrogen-bond donors (Lipinski definition) is 1. The lowest BCUT2D eigenvalue weighted by atomic mass is 10.3. The van der Waals surface area contributed by atoms with Crippen molar-refractivity contribution >= 4 is 11.8 Å². The number of carbonyl (C=O) groups excluding carboxylic acids is 2. The summed E-state index contributed by atoms with van der Waals surface area (Å²) in [5.41, 5.74) is 2.14. The fraction of sp³-hybridized carbons (Fsp3) is 0.643. The van der Waals surface area contributed by atoms with Crippen LogP contribution in [0.3, 0.4) is 0 Å². The molecule has 0 atom stereocenters. The highest BCUT2D eigenvalue weighted by Crippen LogP contribution is 2.09. The third kappa shape index (κ3) is 3.59. The Morgan fingerprint density at radius 2 is 2.20 bits per heavy atom. The maximum absolute atomic E-state index is 11.7. The fourth-order valence-electron chi connectivity index (χ4n) is 2.35. The zero-order valence-electron chi connectivity index (χ0n) is 12.2. The van der Waals surface area contributed by atoms with Gasteiger partial charge in [0.05, 0.1) is 12.0 Å². The Morgan fingerprint density at radius 1 is 1.40 bits per heavy atom. The van der Waals surface area contributed by atoms with Gasteiger partial charge in [0.25, 0.3) is 0 Å². The van der Waals surface area contributed by atoms with Crippen LogP contribution >= 0.6 is 0 Å². The van der Waals surface area contributed by atoms with Gasteiger partial charge in [0.15, 0.2) is 0 Å². The zero-order valence-corrected chi connectivity index (χ0v) is 12.2. The van der Waals surface area contributed by atoms with Crippen molar-refractivity contribution in [3.63, 3.8) is 0 Å². The summed E-state index contributed by atoms with van der Waals surface area (Å²) in [4.78, 5) is 29.1. The zero-order chi connectivity index (χ0) is 14.5. The van der Waals surface area contributed by atoms with E-state index in [1.807, 2.05) is 18.4 Å². The molecule has 2 rings (SSSR count). The molecule has 20 heavy (non-hydrogen) atoms. The van der Waals surface area contributed by atoms with Gasteiger partial charge in [-0.2, -0.15) is 0 Å². The molecule has 1 N–H and O–H groups in total. The SMILES string of the molecule is Cc1ncn(CCNC(=O)CCN2CCCC2=O)c1C. The van der Waals surface area contributed by atoms with Crippen LogP contribution in [0.5, 0.6) is 0 Å². The summed E-state index contributed by atoms with van der Waals surface area (Å²) >= 11 is 0. The minimum atomic E-state index is -0.000750. The van der Waals surface area contributed by atoms with Gasteiger partial charge >= 0.3 is 0 Å². The highest BCUT2D eigenvalue weighted by Gasteiger charge is 2.20. The minimum absolute atomic E-state index is 0.000750. The van der Waals surface area contributed by atoms with Gasteiger partial charge in [-0.3, -0.25) is 9.59 Å². The quantitative estimate of drug-likeness (QED) is 0.830. The van der Waals surface area contributed by atoms with Gasteiger partial charge < -0.3 is 14.8 Å². The maximum atomic E-state index is 11.7. The van der Waals surface area contributed by atoms with E-state index in [1.165, 1.54) is 0 Å². The average molecular weight is 278 g/mol. The number of hydrogen-bond acceptors (Lipinski definition) is 3. The molecule has 110 valence electrons. The second-order valence-corrected chi connectivity index (χ2v) is 5.19. The highest BCUT2D eigenvalue weighted by atomic mass is 16.2. The molecule has 0 aliphatic carbocycles. The van der Waals surface area contributed by atoms with Crippen LogP contribution in [0.1, 0.15) is 30.7 Å². The molecule has 1 aromatic rings. The van der Waals surface area contributed by atoms with Crippen LogP contribution in [0.15, 0.2) is 6.33 Å². The Balaban J connectivity index is 1.65. The van der Waals surface area contributed by atoms with E-state index in [0.717, 1.165) is 30.9 Å². The smallest absolute Gasteiger partial charge is 0.222 e. The van der Waals surface area contributed by atoms with Gasteiger partial charge in [-0.25, -0.2) is 4.98 Å². The van der Waals surface area contributed by atoms with Gasteiger partial charge in [0.1, 0.15) is 0 Å². The molecule has 0 radical (unpaired) electrons. The van der Waals surface area contributed by atoms with E-state index in [0.29, 0.717) is 25.9 Å². The van der Waals surface area contributed by atoms with E-state index >= 15 is 0 Å². The molecule has 6 nitrogen and oxygen atoms in total. The standard InChI is InChI=1S/C14H22N4O2/c1-11-12(2)18(10-16-11)9-6-15-13(19)5-8-17-7-3-4-14(17)20/h10H,3-9H2,1-2H3,(H,15,19). The third-order valence-electron chi connectivity index (χ3n) is 3.80. The molecule has 1 fully saturated rings. The summed E-state index contributed by atoms with van der Waals surface area (Å²) in [6, 6.07) is 0. The van der Waals surface area contributed by atoms with Crippen molar-refractivity contribution in [2.45, 2.75) is 39.7 Å². The molecule has 0 aromatic carbocycles. The molecule has 1 aromatic heterocycles. The fourth-order valence-corrected chi connectivity index (χ4v) is 2.35. The highest BCUT2D eigenvalue weighted by molar-refractivity contribution is 5.80. The third-order valence-corrected chi connectivity index (χ3v) is 3.80. The van der Waals surface area contributed by atoms with Crippen LogP contribution < -0.4 is 5.32 Å². The molecule has 1 aliphatic heterocycles. The van der Waals surface area contributed by atoms with Gasteiger partial charge in [0.2, 0.25) is 11.8 Å². The summed E-state index contributed by atoms with van der Waals surface area (Å²) in [6.07, 6.45) is 3.72. The lowest BCUT2D eigenvalue weighted by Gasteiger charge is -2.15. The Hall–Kier alpha value is -1.85. The summed E-state index contributed by atoms with van der Waals surface area (Å²) in [6.45, 7) is 6.62. The Labute approximate surface area is 119 Å². The van der Waals surface area contributed by atoms with Crippen LogP contribution in [0, 0.1) is 13.8 Å². The number of rotatable bonds is 6. The number of nitrogens with zero attached hydrogens (tertiary/aromatic N) is 3. The maximum Gasteiger partial charge on any atom is 0.222 e. The molecule has 2 amide bonds. The van der Waals surface area contributed by atoms with E-state index in [1.54, 1.807) is 11.2 Å². The van der Waals surface area contributed by atoms with E-state index in [9.17, 15) is 9.59 Å². The van der Waals surface area contributed by atoms with Crippen molar-refractivity contribution in [2.75, 3.05) is 19.6 Å². The van der Waals surface area contributed by atoms with E-state index in [2.05, 4.69) is 10.3 Å².